The first-order chi connectivity index (χ1) is 14.5. The lowest BCUT2D eigenvalue weighted by Crippen LogP contribution is -2.50. The van der Waals surface area contributed by atoms with Crippen molar-refractivity contribution in [3.8, 4) is 0 Å². The van der Waals surface area contributed by atoms with Gasteiger partial charge in [0.25, 0.3) is 11.8 Å². The molecule has 1 fully saturated rings. The molecule has 0 unspecified atom stereocenters. The minimum absolute atomic E-state index is 0.127. The summed E-state index contributed by atoms with van der Waals surface area (Å²) in [5, 5.41) is 0.431. The average molecular weight is 447 g/mol. The van der Waals surface area contributed by atoms with Crippen LogP contribution < -0.4 is 0 Å². The van der Waals surface area contributed by atoms with Crippen LogP contribution in [0.2, 0.25) is 5.02 Å². The second kappa shape index (κ2) is 8.89. The maximum Gasteiger partial charge on any atom is 0.289 e. The standard InChI is InChI=1S/C21H19ClN2O5S/c22-16-4-1-2-6-19(16)30(27)14-15-7-8-18(29-15)21(26)24-11-9-23(10-12-24)20(25)17-5-3-13-28-17/h1-8,13H,9-12,14H2/t30-/m1/s1. The number of nitrogens with zero attached hydrogens (tertiary/aromatic N) is 2. The summed E-state index contributed by atoms with van der Waals surface area (Å²) in [7, 11) is -1.38. The Morgan fingerprint density at radius 3 is 2.20 bits per heavy atom. The molecule has 0 aliphatic carbocycles. The molecule has 0 bridgehead atoms. The maximum absolute atomic E-state index is 12.7. The Morgan fingerprint density at radius 2 is 1.57 bits per heavy atom. The number of hydrogen-bond acceptors (Lipinski definition) is 5. The molecular weight excluding hydrogens is 428 g/mol. The molecule has 30 heavy (non-hydrogen) atoms. The Bertz CT molecular complexity index is 1070. The van der Waals surface area contributed by atoms with Crippen molar-refractivity contribution in [2.75, 3.05) is 26.2 Å². The first-order valence-electron chi connectivity index (χ1n) is 9.36. The van der Waals surface area contributed by atoms with Gasteiger partial charge in [0, 0.05) is 26.2 Å². The fourth-order valence-corrected chi connectivity index (χ4v) is 4.71. The van der Waals surface area contributed by atoms with Crippen LogP contribution in [0, 0.1) is 0 Å². The van der Waals surface area contributed by atoms with Gasteiger partial charge in [-0.1, -0.05) is 23.7 Å². The van der Waals surface area contributed by atoms with Crippen molar-refractivity contribution in [3.63, 3.8) is 0 Å². The van der Waals surface area contributed by atoms with Crippen molar-refractivity contribution in [1.82, 2.24) is 9.80 Å². The Balaban J connectivity index is 1.35. The zero-order chi connectivity index (χ0) is 21.1. The molecule has 1 aromatic carbocycles. The van der Waals surface area contributed by atoms with Crippen molar-refractivity contribution in [2.45, 2.75) is 10.6 Å². The van der Waals surface area contributed by atoms with Gasteiger partial charge in [-0.15, -0.1) is 0 Å². The van der Waals surface area contributed by atoms with Crippen molar-refractivity contribution in [2.24, 2.45) is 0 Å². The van der Waals surface area contributed by atoms with Crippen molar-refractivity contribution in [3.05, 3.63) is 77.1 Å². The molecule has 2 amide bonds. The molecular formula is C21H19ClN2O5S. The van der Waals surface area contributed by atoms with E-state index in [-0.39, 0.29) is 29.1 Å². The number of furan rings is 2. The molecule has 7 nitrogen and oxygen atoms in total. The highest BCUT2D eigenvalue weighted by Gasteiger charge is 2.28. The Hall–Kier alpha value is -2.84. The van der Waals surface area contributed by atoms with E-state index in [1.165, 1.54) is 6.26 Å². The highest BCUT2D eigenvalue weighted by Crippen LogP contribution is 2.22. The van der Waals surface area contributed by atoms with E-state index in [1.807, 2.05) is 0 Å². The van der Waals surface area contributed by atoms with Crippen LogP contribution in [0.15, 0.2) is 68.5 Å². The van der Waals surface area contributed by atoms with Crippen LogP contribution in [0.5, 0.6) is 0 Å². The highest BCUT2D eigenvalue weighted by molar-refractivity contribution is 7.84. The van der Waals surface area contributed by atoms with Gasteiger partial charge in [0.05, 0.1) is 32.7 Å². The molecule has 0 radical (unpaired) electrons. The average Bonchev–Trinajstić information content (AvgIpc) is 3.45. The summed E-state index contributed by atoms with van der Waals surface area (Å²) >= 11 is 6.09. The lowest BCUT2D eigenvalue weighted by Gasteiger charge is -2.33. The third-order valence-electron chi connectivity index (χ3n) is 4.81. The van der Waals surface area contributed by atoms with Crippen LogP contribution in [-0.4, -0.2) is 52.0 Å². The predicted molar refractivity (Wildman–Crippen MR) is 111 cm³/mol. The van der Waals surface area contributed by atoms with Crippen LogP contribution in [0.4, 0.5) is 0 Å². The predicted octanol–water partition coefficient (Wildman–Crippen LogP) is 3.43. The number of rotatable bonds is 5. The normalized spacial score (nSPS) is 15.2. The number of piperazine rings is 1. The Kier molecular flexibility index (Phi) is 6.06. The van der Waals surface area contributed by atoms with E-state index in [0.717, 1.165) is 0 Å². The molecule has 9 heteroatoms. The summed E-state index contributed by atoms with van der Waals surface area (Å²) in [5.74, 6) is 0.610. The monoisotopic (exact) mass is 446 g/mol. The molecule has 2 aromatic heterocycles. The van der Waals surface area contributed by atoms with Gasteiger partial charge in [0.1, 0.15) is 5.76 Å². The number of amides is 2. The Morgan fingerprint density at radius 1 is 0.900 bits per heavy atom. The summed E-state index contributed by atoms with van der Waals surface area (Å²) < 4.78 is 23.3. The lowest BCUT2D eigenvalue weighted by molar-refractivity contribution is 0.0501. The second-order valence-electron chi connectivity index (χ2n) is 6.75. The van der Waals surface area contributed by atoms with Crippen molar-refractivity contribution >= 4 is 34.2 Å². The van der Waals surface area contributed by atoms with Gasteiger partial charge in [-0.3, -0.25) is 13.8 Å². The molecule has 1 aliphatic heterocycles. The van der Waals surface area contributed by atoms with E-state index in [2.05, 4.69) is 0 Å². The third kappa shape index (κ3) is 4.34. The van der Waals surface area contributed by atoms with E-state index in [4.69, 9.17) is 20.4 Å². The first kappa shape index (κ1) is 20.4. The molecule has 0 saturated carbocycles. The van der Waals surface area contributed by atoms with Gasteiger partial charge in [0.15, 0.2) is 11.5 Å². The van der Waals surface area contributed by atoms with Crippen molar-refractivity contribution in [1.29, 1.82) is 0 Å². The van der Waals surface area contributed by atoms with Gasteiger partial charge < -0.3 is 18.6 Å². The van der Waals surface area contributed by atoms with Gasteiger partial charge in [-0.05, 0) is 36.4 Å². The maximum atomic E-state index is 12.7. The minimum Gasteiger partial charge on any atom is -0.459 e. The number of benzene rings is 1. The van der Waals surface area contributed by atoms with Crippen LogP contribution in [-0.2, 0) is 16.6 Å². The number of carbonyl (C=O) groups excluding carboxylic acids is 2. The number of halogens is 1. The number of hydrogen-bond donors (Lipinski definition) is 0. The second-order valence-corrected chi connectivity index (χ2v) is 8.57. The first-order valence-corrected chi connectivity index (χ1v) is 11.1. The van der Waals surface area contributed by atoms with E-state index in [1.54, 1.807) is 58.3 Å². The van der Waals surface area contributed by atoms with Gasteiger partial charge in [0.2, 0.25) is 0 Å². The number of carbonyl (C=O) groups is 2. The largest absolute Gasteiger partial charge is 0.459 e. The third-order valence-corrected chi connectivity index (χ3v) is 6.65. The van der Waals surface area contributed by atoms with Crippen LogP contribution in [0.1, 0.15) is 26.9 Å². The van der Waals surface area contributed by atoms with E-state index >= 15 is 0 Å². The van der Waals surface area contributed by atoms with E-state index in [0.29, 0.717) is 41.9 Å². The SMILES string of the molecule is O=C(c1ccco1)N1CCN(C(=O)c2ccc(C[S@@](=O)c3ccccc3Cl)o2)CC1. The summed E-state index contributed by atoms with van der Waals surface area (Å²) in [4.78, 5) is 28.9. The van der Waals surface area contributed by atoms with Gasteiger partial charge in [-0.2, -0.15) is 0 Å². The zero-order valence-electron chi connectivity index (χ0n) is 16.0. The molecule has 3 aromatic rings. The van der Waals surface area contributed by atoms with Crippen LogP contribution >= 0.6 is 11.6 Å². The van der Waals surface area contributed by atoms with Gasteiger partial charge >= 0.3 is 0 Å². The molecule has 1 saturated heterocycles. The van der Waals surface area contributed by atoms with Crippen molar-refractivity contribution < 1.29 is 22.6 Å². The molecule has 0 spiro atoms. The van der Waals surface area contributed by atoms with Crippen LogP contribution in [0.25, 0.3) is 0 Å². The topological polar surface area (TPSA) is 84.0 Å². The fourth-order valence-electron chi connectivity index (χ4n) is 3.23. The molecule has 4 rings (SSSR count). The van der Waals surface area contributed by atoms with Crippen LogP contribution in [0.3, 0.4) is 0 Å². The molecule has 1 aliphatic rings. The zero-order valence-corrected chi connectivity index (χ0v) is 17.5. The lowest BCUT2D eigenvalue weighted by atomic mass is 10.2. The fraction of sp³-hybridized carbons (Fsp3) is 0.238. The summed E-state index contributed by atoms with van der Waals surface area (Å²) in [5.41, 5.74) is 0. The summed E-state index contributed by atoms with van der Waals surface area (Å²) in [6.45, 7) is 1.62. The van der Waals surface area contributed by atoms with Gasteiger partial charge in [-0.25, -0.2) is 0 Å². The molecule has 156 valence electrons. The molecule has 0 N–H and O–H groups in total. The molecule has 1 atom stereocenters. The summed E-state index contributed by atoms with van der Waals surface area (Å²) in [6, 6.07) is 13.5. The minimum atomic E-state index is -1.38. The quantitative estimate of drug-likeness (QED) is 0.599. The van der Waals surface area contributed by atoms with E-state index < -0.39 is 10.8 Å². The highest BCUT2D eigenvalue weighted by atomic mass is 35.5. The van der Waals surface area contributed by atoms with E-state index in [9.17, 15) is 13.8 Å². The summed E-state index contributed by atoms with van der Waals surface area (Å²) in [6.07, 6.45) is 1.46. The Labute approximate surface area is 180 Å². The smallest absolute Gasteiger partial charge is 0.289 e. The molecule has 3 heterocycles.